The van der Waals surface area contributed by atoms with Crippen molar-refractivity contribution in [3.8, 4) is 0 Å². The van der Waals surface area contributed by atoms with Crippen LogP contribution in [0.2, 0.25) is 0 Å². The van der Waals surface area contributed by atoms with Crippen LogP contribution in [-0.4, -0.2) is 49.5 Å². The Labute approximate surface area is 169 Å². The molecule has 3 rings (SSSR count). The minimum Gasteiger partial charge on any atom is -0.465 e. The number of carbonyl (C=O) groups is 3. The van der Waals surface area contributed by atoms with Crippen molar-refractivity contribution in [2.45, 2.75) is 12.8 Å². The molecule has 1 aliphatic heterocycles. The lowest BCUT2D eigenvalue weighted by Crippen LogP contribution is -2.41. The van der Waals surface area contributed by atoms with Gasteiger partial charge in [-0.25, -0.2) is 4.79 Å². The van der Waals surface area contributed by atoms with Gasteiger partial charge in [0.2, 0.25) is 0 Å². The third-order valence-electron chi connectivity index (χ3n) is 4.96. The molecule has 8 nitrogen and oxygen atoms in total. The lowest BCUT2D eigenvalue weighted by molar-refractivity contribution is -0.136. The predicted octanol–water partition coefficient (Wildman–Crippen LogP) is 1.84. The first kappa shape index (κ1) is 20.3. The van der Waals surface area contributed by atoms with E-state index < -0.39 is 17.8 Å². The number of amides is 2. The molecule has 0 spiro atoms. The van der Waals surface area contributed by atoms with Crippen molar-refractivity contribution < 1.29 is 19.1 Å². The molecule has 2 amide bonds. The number of ether oxygens (including phenoxy) is 1. The molecule has 0 unspecified atom stereocenters. The van der Waals surface area contributed by atoms with Gasteiger partial charge in [0.25, 0.3) is 0 Å². The second-order valence-corrected chi connectivity index (χ2v) is 6.87. The molecule has 152 valence electrons. The number of nitrogens with one attached hydrogen (secondary N) is 2. The highest BCUT2D eigenvalue weighted by molar-refractivity contribution is 6.39. The average molecular weight is 396 g/mol. The van der Waals surface area contributed by atoms with Gasteiger partial charge in [-0.15, -0.1) is 0 Å². The van der Waals surface area contributed by atoms with E-state index in [1.54, 1.807) is 24.5 Å². The minimum absolute atomic E-state index is 0.337. The van der Waals surface area contributed by atoms with Crippen LogP contribution in [0.15, 0.2) is 48.8 Å². The van der Waals surface area contributed by atoms with Crippen LogP contribution in [0.3, 0.4) is 0 Å². The average Bonchev–Trinajstić information content (AvgIpc) is 2.78. The van der Waals surface area contributed by atoms with E-state index in [0.717, 1.165) is 31.6 Å². The molecule has 1 aromatic heterocycles. The fourth-order valence-corrected chi connectivity index (χ4v) is 3.26. The number of nitrogens with zero attached hydrogens (tertiary/aromatic N) is 2. The summed E-state index contributed by atoms with van der Waals surface area (Å²) in [5.41, 5.74) is 1.96. The van der Waals surface area contributed by atoms with E-state index in [1.807, 2.05) is 12.1 Å². The highest BCUT2D eigenvalue weighted by Crippen LogP contribution is 2.22. The van der Waals surface area contributed by atoms with E-state index in [-0.39, 0.29) is 0 Å². The van der Waals surface area contributed by atoms with Crippen LogP contribution in [-0.2, 0) is 14.3 Å². The van der Waals surface area contributed by atoms with Gasteiger partial charge >= 0.3 is 17.8 Å². The lowest BCUT2D eigenvalue weighted by Gasteiger charge is -2.33. The summed E-state index contributed by atoms with van der Waals surface area (Å²) < 4.78 is 4.62. The molecule has 0 bridgehead atoms. The highest BCUT2D eigenvalue weighted by atomic mass is 16.5. The molecule has 0 radical (unpaired) electrons. The Kier molecular flexibility index (Phi) is 6.78. The van der Waals surface area contributed by atoms with Gasteiger partial charge in [0.15, 0.2) is 0 Å². The summed E-state index contributed by atoms with van der Waals surface area (Å²) in [6.45, 7) is 2.28. The molecule has 1 saturated heterocycles. The van der Waals surface area contributed by atoms with Crippen molar-refractivity contribution in [1.82, 2.24) is 10.3 Å². The van der Waals surface area contributed by atoms with Gasteiger partial charge in [0.05, 0.1) is 12.7 Å². The Balaban J connectivity index is 1.41. The Morgan fingerprint density at radius 3 is 2.31 bits per heavy atom. The molecule has 0 atom stereocenters. The normalized spacial score (nSPS) is 14.2. The lowest BCUT2D eigenvalue weighted by atomic mass is 9.96. The van der Waals surface area contributed by atoms with Gasteiger partial charge in [-0.3, -0.25) is 14.6 Å². The predicted molar refractivity (Wildman–Crippen MR) is 109 cm³/mol. The number of carbonyl (C=O) groups excluding carboxylic acids is 3. The van der Waals surface area contributed by atoms with Crippen molar-refractivity contribution in [3.05, 3.63) is 54.4 Å². The highest BCUT2D eigenvalue weighted by Gasteiger charge is 2.21. The summed E-state index contributed by atoms with van der Waals surface area (Å²) >= 11 is 0. The molecule has 0 saturated carbocycles. The fraction of sp³-hybridized carbons (Fsp3) is 0.333. The third kappa shape index (κ3) is 5.54. The molecule has 8 heteroatoms. The second-order valence-electron chi connectivity index (χ2n) is 6.87. The Bertz CT molecular complexity index is 847. The number of aromatic nitrogens is 1. The zero-order valence-corrected chi connectivity index (χ0v) is 16.3. The van der Waals surface area contributed by atoms with E-state index in [9.17, 15) is 14.4 Å². The summed E-state index contributed by atoms with van der Waals surface area (Å²) in [7, 11) is 1.30. The largest absolute Gasteiger partial charge is 0.465 e. The van der Waals surface area contributed by atoms with E-state index in [2.05, 4.69) is 25.3 Å². The Morgan fingerprint density at radius 1 is 1.03 bits per heavy atom. The number of hydrogen-bond donors (Lipinski definition) is 2. The van der Waals surface area contributed by atoms with E-state index in [0.29, 0.717) is 23.7 Å². The van der Waals surface area contributed by atoms with Crippen LogP contribution >= 0.6 is 0 Å². The summed E-state index contributed by atoms with van der Waals surface area (Å²) in [4.78, 5) is 41.9. The van der Waals surface area contributed by atoms with Crippen molar-refractivity contribution in [1.29, 1.82) is 0 Å². The summed E-state index contributed by atoms with van der Waals surface area (Å²) in [5.74, 6) is -1.52. The van der Waals surface area contributed by atoms with Gasteiger partial charge in [-0.1, -0.05) is 0 Å². The number of rotatable bonds is 5. The van der Waals surface area contributed by atoms with Gasteiger partial charge < -0.3 is 20.3 Å². The first-order chi connectivity index (χ1) is 14.1. The minimum atomic E-state index is -0.731. The molecule has 1 aromatic carbocycles. The summed E-state index contributed by atoms with van der Waals surface area (Å²) in [5, 5.41) is 5.24. The smallest absolute Gasteiger partial charge is 0.337 e. The number of benzene rings is 1. The monoisotopic (exact) mass is 396 g/mol. The van der Waals surface area contributed by atoms with E-state index in [1.165, 1.54) is 19.2 Å². The number of hydrogen-bond acceptors (Lipinski definition) is 6. The van der Waals surface area contributed by atoms with Crippen molar-refractivity contribution in [2.24, 2.45) is 5.92 Å². The van der Waals surface area contributed by atoms with Crippen molar-refractivity contribution in [3.63, 3.8) is 0 Å². The number of methoxy groups -OCH3 is 1. The van der Waals surface area contributed by atoms with E-state index >= 15 is 0 Å². The topological polar surface area (TPSA) is 101 Å². The van der Waals surface area contributed by atoms with Gasteiger partial charge in [0.1, 0.15) is 0 Å². The third-order valence-corrected chi connectivity index (χ3v) is 4.96. The molecule has 0 aliphatic carbocycles. The van der Waals surface area contributed by atoms with Crippen LogP contribution < -0.4 is 15.5 Å². The number of esters is 1. The Hall–Kier alpha value is -3.42. The molecular formula is C21H24N4O4. The maximum Gasteiger partial charge on any atom is 0.337 e. The molecule has 2 aromatic rings. The number of anilines is 2. The van der Waals surface area contributed by atoms with Crippen LogP contribution in [0.25, 0.3) is 0 Å². The maximum absolute atomic E-state index is 12.1. The van der Waals surface area contributed by atoms with Crippen LogP contribution in [0.4, 0.5) is 11.4 Å². The second kappa shape index (κ2) is 9.68. The summed E-state index contributed by atoms with van der Waals surface area (Å²) in [6.07, 6.45) is 5.45. The first-order valence-corrected chi connectivity index (χ1v) is 9.49. The molecule has 1 aliphatic rings. The van der Waals surface area contributed by atoms with Crippen LogP contribution in [0, 0.1) is 5.92 Å². The first-order valence-electron chi connectivity index (χ1n) is 9.49. The summed E-state index contributed by atoms with van der Waals surface area (Å²) in [6, 6.07) is 10.1. The van der Waals surface area contributed by atoms with Gasteiger partial charge in [-0.2, -0.15) is 0 Å². The van der Waals surface area contributed by atoms with Crippen molar-refractivity contribution in [2.75, 3.05) is 37.0 Å². The van der Waals surface area contributed by atoms with Gasteiger partial charge in [-0.05, 0) is 55.2 Å². The molecule has 29 heavy (non-hydrogen) atoms. The fourth-order valence-electron chi connectivity index (χ4n) is 3.26. The van der Waals surface area contributed by atoms with Crippen molar-refractivity contribution >= 4 is 29.2 Å². The molecule has 2 N–H and O–H groups in total. The standard InChI is InChI=1S/C21H24N4O4/c1-29-21(28)16-2-4-17(5-3-16)24-20(27)19(26)23-14-15-8-12-25(13-9-15)18-6-10-22-11-7-18/h2-7,10-11,15H,8-9,12-14H2,1H3,(H,23,26)(H,24,27). The zero-order chi connectivity index (χ0) is 20.6. The zero-order valence-electron chi connectivity index (χ0n) is 16.3. The van der Waals surface area contributed by atoms with Gasteiger partial charge in [0, 0.05) is 43.4 Å². The van der Waals surface area contributed by atoms with E-state index in [4.69, 9.17) is 0 Å². The quantitative estimate of drug-likeness (QED) is 0.591. The molecule has 2 heterocycles. The molecule has 1 fully saturated rings. The molecular weight excluding hydrogens is 372 g/mol. The number of piperidine rings is 1. The van der Waals surface area contributed by atoms with Crippen LogP contribution in [0.5, 0.6) is 0 Å². The number of pyridine rings is 1. The Morgan fingerprint density at radius 2 is 1.69 bits per heavy atom. The van der Waals surface area contributed by atoms with Crippen LogP contribution in [0.1, 0.15) is 23.2 Å². The maximum atomic E-state index is 12.1. The SMILES string of the molecule is COC(=O)c1ccc(NC(=O)C(=O)NCC2CCN(c3ccncc3)CC2)cc1.